The maximum absolute atomic E-state index is 13.1. The number of anilines is 1. The molecule has 152 valence electrons. The molecule has 0 fully saturated rings. The molecule has 0 spiro atoms. The molecule has 3 rings (SSSR count). The molecule has 0 saturated carbocycles. The minimum absolute atomic E-state index is 0.00134. The van der Waals surface area contributed by atoms with Crippen molar-refractivity contribution in [2.45, 2.75) is 4.90 Å². The van der Waals surface area contributed by atoms with Crippen LogP contribution in [0, 0.1) is 17.1 Å². The Kier molecular flexibility index (Phi) is 5.96. The Hall–Kier alpha value is -3.55. The summed E-state index contributed by atoms with van der Waals surface area (Å²) in [5, 5.41) is 13.1. The Labute approximate surface area is 177 Å². The smallest absolute Gasteiger partial charge is 0.261 e. The summed E-state index contributed by atoms with van der Waals surface area (Å²) in [5.74, 6) is -0.259. The standard InChI is InChI=1S/C19H14ClFN6O2S/c1-3-16(25-19-13(9-22)11-24-27(19)2)12-8-17(18(20)23-10-12)26-30(28,29)15-6-4-14(21)5-7-15/h3-8,10-11,26H,1H2,2H3/b25-16+. The third-order valence-corrected chi connectivity index (χ3v) is 5.63. The number of aromatic nitrogens is 3. The van der Waals surface area contributed by atoms with Gasteiger partial charge in [-0.25, -0.2) is 27.5 Å². The van der Waals surface area contributed by atoms with Gasteiger partial charge in [0.2, 0.25) is 0 Å². The minimum atomic E-state index is -4.03. The van der Waals surface area contributed by atoms with Crippen LogP contribution in [0.5, 0.6) is 0 Å². The Bertz CT molecular complexity index is 1290. The van der Waals surface area contributed by atoms with Crippen LogP contribution in [0.3, 0.4) is 0 Å². The number of nitriles is 1. The summed E-state index contributed by atoms with van der Waals surface area (Å²) in [6.45, 7) is 3.71. The predicted octanol–water partition coefficient (Wildman–Crippen LogP) is 3.59. The van der Waals surface area contributed by atoms with Crippen molar-refractivity contribution in [1.29, 1.82) is 5.26 Å². The molecule has 0 unspecified atom stereocenters. The number of aliphatic imine (C=N–C) groups is 1. The first kappa shape index (κ1) is 21.2. The highest BCUT2D eigenvalue weighted by Crippen LogP contribution is 2.25. The Balaban J connectivity index is 2.01. The summed E-state index contributed by atoms with van der Waals surface area (Å²) in [6, 6.07) is 7.75. The molecule has 0 aliphatic carbocycles. The third kappa shape index (κ3) is 4.37. The first-order valence-corrected chi connectivity index (χ1v) is 10.2. The van der Waals surface area contributed by atoms with E-state index in [0.29, 0.717) is 17.1 Å². The van der Waals surface area contributed by atoms with Gasteiger partial charge in [0.1, 0.15) is 17.4 Å². The van der Waals surface area contributed by atoms with Gasteiger partial charge >= 0.3 is 0 Å². The van der Waals surface area contributed by atoms with Crippen LogP contribution in [0.15, 0.2) is 65.3 Å². The van der Waals surface area contributed by atoms with Gasteiger partial charge in [0.05, 0.1) is 22.5 Å². The topological polar surface area (TPSA) is 113 Å². The Morgan fingerprint density at radius 1 is 1.37 bits per heavy atom. The van der Waals surface area contributed by atoms with Crippen molar-refractivity contribution >= 4 is 38.8 Å². The van der Waals surface area contributed by atoms with E-state index in [0.717, 1.165) is 24.3 Å². The normalized spacial score (nSPS) is 11.7. The van der Waals surface area contributed by atoms with Crippen LogP contribution in [-0.2, 0) is 17.1 Å². The molecule has 0 aliphatic rings. The molecule has 1 N–H and O–H groups in total. The number of aryl methyl sites for hydroxylation is 1. The first-order valence-electron chi connectivity index (χ1n) is 8.32. The van der Waals surface area contributed by atoms with E-state index < -0.39 is 15.8 Å². The predicted molar refractivity (Wildman–Crippen MR) is 111 cm³/mol. The van der Waals surface area contributed by atoms with Crippen LogP contribution >= 0.6 is 11.6 Å². The number of hydrogen-bond acceptors (Lipinski definition) is 6. The van der Waals surface area contributed by atoms with Gasteiger partial charge in [0.15, 0.2) is 11.0 Å². The average molecular weight is 445 g/mol. The monoisotopic (exact) mass is 444 g/mol. The molecular weight excluding hydrogens is 431 g/mol. The molecule has 0 saturated heterocycles. The summed E-state index contributed by atoms with van der Waals surface area (Å²) in [4.78, 5) is 8.24. The SMILES string of the molecule is C=C/C(=N\c1c(C#N)cnn1C)c1cnc(Cl)c(NS(=O)(=O)c2ccc(F)cc2)c1. The van der Waals surface area contributed by atoms with Crippen molar-refractivity contribution in [3.05, 3.63) is 77.5 Å². The minimum Gasteiger partial charge on any atom is -0.276 e. The van der Waals surface area contributed by atoms with Crippen LogP contribution in [0.4, 0.5) is 15.9 Å². The van der Waals surface area contributed by atoms with Crippen molar-refractivity contribution in [2.24, 2.45) is 12.0 Å². The van der Waals surface area contributed by atoms with E-state index in [2.05, 4.69) is 26.4 Å². The zero-order chi connectivity index (χ0) is 21.9. The lowest BCUT2D eigenvalue weighted by Crippen LogP contribution is -2.14. The quantitative estimate of drug-likeness (QED) is 0.461. The van der Waals surface area contributed by atoms with E-state index in [1.807, 2.05) is 6.07 Å². The third-order valence-electron chi connectivity index (χ3n) is 3.95. The summed E-state index contributed by atoms with van der Waals surface area (Å²) in [6.07, 6.45) is 4.19. The second-order valence-corrected chi connectivity index (χ2v) is 7.98. The van der Waals surface area contributed by atoms with Crippen LogP contribution in [0.2, 0.25) is 5.15 Å². The van der Waals surface area contributed by atoms with Gasteiger partial charge in [-0.1, -0.05) is 18.2 Å². The summed E-state index contributed by atoms with van der Waals surface area (Å²) in [5.41, 5.74) is 0.979. The van der Waals surface area contributed by atoms with Gasteiger partial charge in [-0.05, 0) is 36.4 Å². The van der Waals surface area contributed by atoms with E-state index in [1.54, 1.807) is 7.05 Å². The molecule has 3 aromatic rings. The molecule has 8 nitrogen and oxygen atoms in total. The van der Waals surface area contributed by atoms with Gasteiger partial charge < -0.3 is 0 Å². The fraction of sp³-hybridized carbons (Fsp3) is 0.0526. The van der Waals surface area contributed by atoms with Crippen LogP contribution in [0.25, 0.3) is 0 Å². The van der Waals surface area contributed by atoms with E-state index in [4.69, 9.17) is 11.6 Å². The van der Waals surface area contributed by atoms with Crippen molar-refractivity contribution in [2.75, 3.05) is 4.72 Å². The molecule has 30 heavy (non-hydrogen) atoms. The highest BCUT2D eigenvalue weighted by Gasteiger charge is 2.18. The molecule has 0 atom stereocenters. The lowest BCUT2D eigenvalue weighted by Gasteiger charge is -2.11. The second-order valence-electron chi connectivity index (χ2n) is 5.94. The lowest BCUT2D eigenvalue weighted by atomic mass is 10.1. The van der Waals surface area contributed by atoms with Crippen LogP contribution < -0.4 is 4.72 Å². The van der Waals surface area contributed by atoms with Crippen molar-refractivity contribution < 1.29 is 12.8 Å². The molecule has 0 radical (unpaired) electrons. The highest BCUT2D eigenvalue weighted by atomic mass is 35.5. The summed E-state index contributed by atoms with van der Waals surface area (Å²) in [7, 11) is -2.41. The largest absolute Gasteiger partial charge is 0.276 e. The number of hydrogen-bond donors (Lipinski definition) is 1. The summed E-state index contributed by atoms with van der Waals surface area (Å²) >= 11 is 6.06. The van der Waals surface area contributed by atoms with Crippen molar-refractivity contribution in [3.8, 4) is 6.07 Å². The number of halogens is 2. The maximum Gasteiger partial charge on any atom is 0.261 e. The van der Waals surface area contributed by atoms with E-state index in [-0.39, 0.29) is 21.3 Å². The van der Waals surface area contributed by atoms with Crippen LogP contribution in [-0.4, -0.2) is 28.9 Å². The average Bonchev–Trinajstić information content (AvgIpc) is 3.07. The number of pyridine rings is 1. The number of benzene rings is 1. The van der Waals surface area contributed by atoms with E-state index >= 15 is 0 Å². The molecule has 11 heteroatoms. The van der Waals surface area contributed by atoms with Gasteiger partial charge in [-0.2, -0.15) is 10.4 Å². The van der Waals surface area contributed by atoms with Crippen molar-refractivity contribution in [1.82, 2.24) is 14.8 Å². The molecule has 1 aromatic carbocycles. The van der Waals surface area contributed by atoms with Crippen LogP contribution in [0.1, 0.15) is 11.1 Å². The molecule has 2 heterocycles. The molecule has 2 aromatic heterocycles. The number of nitrogens with one attached hydrogen (secondary N) is 1. The zero-order valence-corrected chi connectivity index (χ0v) is 17.1. The van der Waals surface area contributed by atoms with Gasteiger partial charge in [0, 0.05) is 18.8 Å². The second kappa shape index (κ2) is 8.44. The number of allylic oxidation sites excluding steroid dienone is 1. The maximum atomic E-state index is 13.1. The van der Waals surface area contributed by atoms with E-state index in [1.165, 1.54) is 29.2 Å². The number of sulfonamides is 1. The Morgan fingerprint density at radius 3 is 2.70 bits per heavy atom. The van der Waals surface area contributed by atoms with Gasteiger partial charge in [0.25, 0.3) is 10.0 Å². The zero-order valence-electron chi connectivity index (χ0n) is 15.5. The first-order chi connectivity index (χ1) is 14.2. The number of rotatable bonds is 6. The molecule has 0 aliphatic heterocycles. The summed E-state index contributed by atoms with van der Waals surface area (Å²) < 4.78 is 42.0. The van der Waals surface area contributed by atoms with Gasteiger partial charge in [-0.3, -0.25) is 4.72 Å². The number of nitrogens with zero attached hydrogens (tertiary/aromatic N) is 5. The van der Waals surface area contributed by atoms with Gasteiger partial charge in [-0.15, -0.1) is 0 Å². The fourth-order valence-corrected chi connectivity index (χ4v) is 3.73. The van der Waals surface area contributed by atoms with E-state index in [9.17, 15) is 18.1 Å². The molecular formula is C19H14ClFN6O2S. The fourth-order valence-electron chi connectivity index (χ4n) is 2.46. The molecule has 0 amide bonds. The lowest BCUT2D eigenvalue weighted by molar-refractivity contribution is 0.599. The highest BCUT2D eigenvalue weighted by molar-refractivity contribution is 7.92. The van der Waals surface area contributed by atoms with Crippen molar-refractivity contribution in [3.63, 3.8) is 0 Å². The molecule has 0 bridgehead atoms. The Morgan fingerprint density at radius 2 is 2.07 bits per heavy atom.